The van der Waals surface area contributed by atoms with Gasteiger partial charge in [0.15, 0.2) is 5.72 Å². The Morgan fingerprint density at radius 1 is 1.35 bits per heavy atom. The summed E-state index contributed by atoms with van der Waals surface area (Å²) in [5.74, 6) is 0.0655. The van der Waals surface area contributed by atoms with Crippen molar-refractivity contribution in [3.8, 4) is 0 Å². The van der Waals surface area contributed by atoms with Crippen LogP contribution in [0.25, 0.3) is 0 Å². The predicted molar refractivity (Wildman–Crippen MR) is 63.3 cm³/mol. The summed E-state index contributed by atoms with van der Waals surface area (Å²) in [4.78, 5) is 10.5. The lowest BCUT2D eigenvalue weighted by molar-refractivity contribution is -0.117. The van der Waals surface area contributed by atoms with Crippen LogP contribution in [0.5, 0.6) is 0 Å². The van der Waals surface area contributed by atoms with Crippen molar-refractivity contribution in [3.05, 3.63) is 35.4 Å². The van der Waals surface area contributed by atoms with Crippen LogP contribution in [0.4, 0.5) is 0 Å². The molecule has 4 N–H and O–H groups in total. The molecule has 0 saturated heterocycles. The van der Waals surface area contributed by atoms with E-state index in [-0.39, 0.29) is 5.92 Å². The van der Waals surface area contributed by atoms with Gasteiger partial charge in [0.25, 0.3) is 0 Å². The first-order chi connectivity index (χ1) is 8.05. The fourth-order valence-electron chi connectivity index (χ4n) is 2.11. The minimum Gasteiger partial charge on any atom is -0.388 e. The number of carbonyl (C=O) groups excluding carboxylic acids is 1. The highest BCUT2D eigenvalue weighted by atomic mass is 16.4. The van der Waals surface area contributed by atoms with Gasteiger partial charge < -0.3 is 10.2 Å². The smallest absolute Gasteiger partial charge is 0.166 e. The molecule has 0 unspecified atom stereocenters. The van der Waals surface area contributed by atoms with Crippen molar-refractivity contribution in [2.75, 3.05) is 0 Å². The number of hydrogen-bond donors (Lipinski definition) is 3. The second kappa shape index (κ2) is 4.56. The number of rotatable bonds is 4. The summed E-state index contributed by atoms with van der Waals surface area (Å²) < 4.78 is 0. The number of benzene rings is 1. The maximum atomic E-state index is 10.5. The molecule has 0 aromatic heterocycles. The molecule has 0 bridgehead atoms. The average Bonchev–Trinajstić information content (AvgIpc) is 2.27. The fraction of sp³-hybridized carbons (Fsp3) is 0.462. The third-order valence-corrected chi connectivity index (χ3v) is 3.56. The Morgan fingerprint density at radius 3 is 2.35 bits per heavy atom. The van der Waals surface area contributed by atoms with Crippen LogP contribution < -0.4 is 5.73 Å². The number of carbonyl (C=O) groups is 1. The molecule has 1 aromatic carbocycles. The van der Waals surface area contributed by atoms with Crippen molar-refractivity contribution in [1.29, 1.82) is 0 Å². The van der Waals surface area contributed by atoms with Crippen molar-refractivity contribution in [2.45, 2.75) is 31.1 Å². The molecular formula is C13H17NO3. The molecule has 1 aliphatic rings. The zero-order valence-corrected chi connectivity index (χ0v) is 9.54. The molecule has 0 amide bonds. The molecule has 1 saturated carbocycles. The number of aliphatic hydroxyl groups excluding tert-OH is 1. The second-order valence-corrected chi connectivity index (χ2v) is 4.70. The quantitative estimate of drug-likeness (QED) is 0.531. The highest BCUT2D eigenvalue weighted by molar-refractivity contribution is 5.74. The Hall–Kier alpha value is -1.23. The minimum atomic E-state index is -1.74. The van der Waals surface area contributed by atoms with E-state index in [0.29, 0.717) is 11.1 Å². The first kappa shape index (κ1) is 12.2. The summed E-state index contributed by atoms with van der Waals surface area (Å²) in [7, 11) is 0. The molecule has 4 nitrogen and oxygen atoms in total. The maximum Gasteiger partial charge on any atom is 0.166 e. The molecule has 1 aliphatic carbocycles. The molecule has 2 rings (SSSR count). The zero-order chi connectivity index (χ0) is 12.5. The van der Waals surface area contributed by atoms with Gasteiger partial charge >= 0.3 is 0 Å². The third kappa shape index (κ3) is 2.24. The molecule has 1 fully saturated rings. The lowest BCUT2D eigenvalue weighted by Crippen LogP contribution is -2.52. The summed E-state index contributed by atoms with van der Waals surface area (Å²) in [6.45, 7) is 0. The van der Waals surface area contributed by atoms with E-state index < -0.39 is 11.8 Å². The van der Waals surface area contributed by atoms with Crippen LogP contribution in [0.15, 0.2) is 24.3 Å². The number of nitrogens with two attached hydrogens (primary N) is 1. The highest BCUT2D eigenvalue weighted by Crippen LogP contribution is 2.36. The number of hydrogen-bond acceptors (Lipinski definition) is 4. The van der Waals surface area contributed by atoms with Gasteiger partial charge in [-0.1, -0.05) is 30.7 Å². The van der Waals surface area contributed by atoms with Crippen LogP contribution in [0.1, 0.15) is 35.2 Å². The van der Waals surface area contributed by atoms with Crippen molar-refractivity contribution in [3.63, 3.8) is 0 Å². The molecule has 17 heavy (non-hydrogen) atoms. The molecule has 2 atom stereocenters. The molecule has 0 radical (unpaired) electrons. The lowest BCUT2D eigenvalue weighted by atomic mass is 9.76. The van der Waals surface area contributed by atoms with Crippen molar-refractivity contribution in [2.24, 2.45) is 11.7 Å². The largest absolute Gasteiger partial charge is 0.388 e. The minimum absolute atomic E-state index is 0.0655. The van der Waals surface area contributed by atoms with E-state index in [2.05, 4.69) is 0 Å². The zero-order valence-electron chi connectivity index (χ0n) is 9.54. The van der Waals surface area contributed by atoms with Gasteiger partial charge in [0.2, 0.25) is 0 Å². The summed E-state index contributed by atoms with van der Waals surface area (Å²) in [6, 6.07) is 6.30. The van der Waals surface area contributed by atoms with Crippen LogP contribution in [0, 0.1) is 5.92 Å². The van der Waals surface area contributed by atoms with Crippen LogP contribution in [0.3, 0.4) is 0 Å². The van der Waals surface area contributed by atoms with Crippen molar-refractivity contribution < 1.29 is 15.0 Å². The van der Waals surface area contributed by atoms with E-state index >= 15 is 0 Å². The lowest BCUT2D eigenvalue weighted by Gasteiger charge is -2.38. The molecule has 1 aromatic rings. The van der Waals surface area contributed by atoms with Gasteiger partial charge in [0, 0.05) is 11.1 Å². The van der Waals surface area contributed by atoms with E-state index in [9.17, 15) is 15.0 Å². The van der Waals surface area contributed by atoms with Gasteiger partial charge in [-0.15, -0.1) is 0 Å². The monoisotopic (exact) mass is 235 g/mol. The van der Waals surface area contributed by atoms with Gasteiger partial charge in [-0.2, -0.15) is 0 Å². The van der Waals surface area contributed by atoms with E-state index in [1.165, 1.54) is 0 Å². The Bertz CT molecular complexity index is 396. The summed E-state index contributed by atoms with van der Waals surface area (Å²) in [5, 5.41) is 20.2. The molecule has 0 aliphatic heterocycles. The average molecular weight is 235 g/mol. The van der Waals surface area contributed by atoms with E-state index in [0.717, 1.165) is 25.5 Å². The molecule has 4 heteroatoms. The van der Waals surface area contributed by atoms with Crippen molar-refractivity contribution >= 4 is 6.29 Å². The first-order valence-electron chi connectivity index (χ1n) is 5.80. The van der Waals surface area contributed by atoms with Gasteiger partial charge in [-0.25, -0.2) is 0 Å². The molecule has 0 heterocycles. The highest BCUT2D eigenvalue weighted by Gasteiger charge is 2.40. The Kier molecular flexibility index (Phi) is 3.28. The van der Waals surface area contributed by atoms with Crippen LogP contribution >= 0.6 is 0 Å². The number of aliphatic hydroxyl groups is 2. The molecular weight excluding hydrogens is 218 g/mol. The van der Waals surface area contributed by atoms with E-state index in [4.69, 9.17) is 5.73 Å². The van der Waals surface area contributed by atoms with E-state index in [1.807, 2.05) is 0 Å². The Labute approximate surface area is 100 Å². The third-order valence-electron chi connectivity index (χ3n) is 3.56. The first-order valence-corrected chi connectivity index (χ1v) is 5.80. The predicted octanol–water partition coefficient (Wildman–Crippen LogP) is 0.764. The van der Waals surface area contributed by atoms with Gasteiger partial charge in [0.1, 0.15) is 12.4 Å². The van der Waals surface area contributed by atoms with Crippen molar-refractivity contribution in [1.82, 2.24) is 0 Å². The van der Waals surface area contributed by atoms with Gasteiger partial charge in [-0.05, 0) is 18.8 Å². The summed E-state index contributed by atoms with van der Waals surface area (Å²) in [6.07, 6.45) is 2.63. The molecule has 0 spiro atoms. The standard InChI is InChI=1S/C13H17NO3/c14-13(17,12(16)10-2-1-3-10)11-6-4-9(8-15)5-7-11/h4-8,10,12,16-17H,1-3,14H2/t12-,13-/m1/s1. The van der Waals surface area contributed by atoms with Gasteiger partial charge in [0.05, 0.1) is 0 Å². The Balaban J connectivity index is 2.19. The van der Waals surface area contributed by atoms with E-state index in [1.54, 1.807) is 24.3 Å². The summed E-state index contributed by atoms with van der Waals surface area (Å²) in [5.41, 5.74) is 5.01. The Morgan fingerprint density at radius 2 is 1.94 bits per heavy atom. The second-order valence-electron chi connectivity index (χ2n) is 4.70. The maximum absolute atomic E-state index is 10.5. The summed E-state index contributed by atoms with van der Waals surface area (Å²) >= 11 is 0. The molecule has 92 valence electrons. The topological polar surface area (TPSA) is 83.5 Å². The van der Waals surface area contributed by atoms with Crippen LogP contribution in [-0.2, 0) is 5.72 Å². The van der Waals surface area contributed by atoms with Gasteiger partial charge in [-0.3, -0.25) is 10.5 Å². The van der Waals surface area contributed by atoms with Crippen LogP contribution in [-0.4, -0.2) is 22.6 Å². The SMILES string of the molecule is N[C@@](O)(c1ccc(C=O)cc1)[C@H](O)C1CCC1. The van der Waals surface area contributed by atoms with Crippen LogP contribution in [0.2, 0.25) is 0 Å². The number of aldehydes is 1. The normalized spacial score (nSPS) is 21.4. The fourth-order valence-corrected chi connectivity index (χ4v) is 2.11.